The van der Waals surface area contributed by atoms with Crippen LogP contribution in [0.5, 0.6) is 5.75 Å². The van der Waals surface area contributed by atoms with Gasteiger partial charge in [0.1, 0.15) is 11.3 Å². The van der Waals surface area contributed by atoms with E-state index in [1.807, 2.05) is 6.92 Å². The molecule has 0 radical (unpaired) electrons. The van der Waals surface area contributed by atoms with Crippen molar-refractivity contribution in [2.45, 2.75) is 39.3 Å². The Balaban J connectivity index is 0.00000242. The van der Waals surface area contributed by atoms with E-state index in [0.29, 0.717) is 0 Å². The average molecular weight is 328 g/mol. The van der Waals surface area contributed by atoms with Crippen molar-refractivity contribution in [3.05, 3.63) is 29.8 Å². The molecule has 0 amide bonds. The lowest BCUT2D eigenvalue weighted by atomic mass is 10.1. The summed E-state index contributed by atoms with van der Waals surface area (Å²) in [7, 11) is 0. The third kappa shape index (κ3) is 5.00. The number of carbonyl (C=O) groups excluding carboxylic acids is 2. The second kappa shape index (κ2) is 8.76. The summed E-state index contributed by atoms with van der Waals surface area (Å²) in [5.41, 5.74) is 0.275. The van der Waals surface area contributed by atoms with Crippen LogP contribution >= 0.6 is 12.4 Å². The Morgan fingerprint density at radius 1 is 1.14 bits per heavy atom. The number of piperidine rings is 1. The molecule has 22 heavy (non-hydrogen) atoms. The van der Waals surface area contributed by atoms with E-state index in [9.17, 15) is 9.59 Å². The molecule has 1 aromatic carbocycles. The first-order chi connectivity index (χ1) is 10.1. The molecule has 1 atom stereocenters. The number of para-hydroxylation sites is 1. The van der Waals surface area contributed by atoms with Gasteiger partial charge < -0.3 is 9.47 Å². The van der Waals surface area contributed by atoms with Crippen molar-refractivity contribution in [2.24, 2.45) is 0 Å². The molecule has 0 N–H and O–H groups in total. The highest BCUT2D eigenvalue weighted by molar-refractivity contribution is 5.93. The van der Waals surface area contributed by atoms with Crippen molar-refractivity contribution in [1.82, 2.24) is 4.90 Å². The van der Waals surface area contributed by atoms with Gasteiger partial charge in [0.15, 0.2) is 6.23 Å². The standard InChI is InChI=1S/C16H21NO4.ClH/c1-12(17-10-6-3-7-11-17)20-16(19)14-8-4-5-9-15(14)21-13(2)18;/h4-5,8-9,12H,3,6-7,10-11H2,1-2H3;1H. The van der Waals surface area contributed by atoms with Crippen molar-refractivity contribution >= 4 is 24.3 Å². The maximum atomic E-state index is 12.3. The quantitative estimate of drug-likeness (QED) is 0.628. The summed E-state index contributed by atoms with van der Waals surface area (Å²) in [4.78, 5) is 25.5. The number of likely N-dealkylation sites (tertiary alicyclic amines) is 1. The third-order valence-corrected chi connectivity index (χ3v) is 3.54. The molecule has 1 unspecified atom stereocenters. The second-order valence-corrected chi connectivity index (χ2v) is 5.19. The molecular weight excluding hydrogens is 306 g/mol. The minimum atomic E-state index is -0.468. The molecular formula is C16H22ClNO4. The molecule has 0 aliphatic carbocycles. The molecule has 0 aromatic heterocycles. The Bertz CT molecular complexity index is 515. The van der Waals surface area contributed by atoms with Crippen LogP contribution in [0.1, 0.15) is 43.5 Å². The zero-order chi connectivity index (χ0) is 15.2. The van der Waals surface area contributed by atoms with Crippen molar-refractivity contribution < 1.29 is 19.1 Å². The van der Waals surface area contributed by atoms with E-state index in [1.54, 1.807) is 24.3 Å². The van der Waals surface area contributed by atoms with Crippen LogP contribution in [0.2, 0.25) is 0 Å². The van der Waals surface area contributed by atoms with E-state index in [1.165, 1.54) is 13.3 Å². The zero-order valence-electron chi connectivity index (χ0n) is 12.9. The lowest BCUT2D eigenvalue weighted by Crippen LogP contribution is -2.40. The normalized spacial score (nSPS) is 16.3. The molecule has 122 valence electrons. The van der Waals surface area contributed by atoms with E-state index in [-0.39, 0.29) is 29.9 Å². The predicted octanol–water partition coefficient (Wildman–Crippen LogP) is 3.02. The summed E-state index contributed by atoms with van der Waals surface area (Å²) in [6.45, 7) is 5.07. The summed E-state index contributed by atoms with van der Waals surface area (Å²) in [6.07, 6.45) is 3.22. The smallest absolute Gasteiger partial charge is 0.343 e. The fourth-order valence-electron chi connectivity index (χ4n) is 2.45. The maximum absolute atomic E-state index is 12.3. The minimum absolute atomic E-state index is 0. The van der Waals surface area contributed by atoms with Crippen molar-refractivity contribution in [1.29, 1.82) is 0 Å². The lowest BCUT2D eigenvalue weighted by molar-refractivity contribution is -0.131. The van der Waals surface area contributed by atoms with E-state index >= 15 is 0 Å². The molecule has 1 aliphatic rings. The highest BCUT2D eigenvalue weighted by atomic mass is 35.5. The minimum Gasteiger partial charge on any atom is -0.443 e. The van der Waals surface area contributed by atoms with E-state index in [2.05, 4.69) is 4.90 Å². The van der Waals surface area contributed by atoms with Crippen molar-refractivity contribution in [2.75, 3.05) is 13.1 Å². The Kier molecular flexibility index (Phi) is 7.35. The number of halogens is 1. The summed E-state index contributed by atoms with van der Waals surface area (Å²) in [5.74, 6) is -0.690. The molecule has 6 heteroatoms. The van der Waals surface area contributed by atoms with Gasteiger partial charge in [-0.2, -0.15) is 0 Å². The molecule has 1 aromatic rings. The Morgan fingerprint density at radius 3 is 2.41 bits per heavy atom. The van der Waals surface area contributed by atoms with Crippen LogP contribution in [0, 0.1) is 0 Å². The van der Waals surface area contributed by atoms with Gasteiger partial charge in [-0.1, -0.05) is 18.6 Å². The molecule has 0 saturated carbocycles. The van der Waals surface area contributed by atoms with Gasteiger partial charge in [0, 0.05) is 20.0 Å². The van der Waals surface area contributed by atoms with Crippen molar-refractivity contribution in [3.8, 4) is 5.75 Å². The summed E-state index contributed by atoms with van der Waals surface area (Å²) >= 11 is 0. The van der Waals surface area contributed by atoms with Crippen LogP contribution in [0.15, 0.2) is 24.3 Å². The number of hydrogen-bond donors (Lipinski definition) is 0. The molecule has 1 fully saturated rings. The number of nitrogens with zero attached hydrogens (tertiary/aromatic N) is 1. The van der Waals surface area contributed by atoms with Crippen LogP contribution in [0.3, 0.4) is 0 Å². The van der Waals surface area contributed by atoms with E-state index in [4.69, 9.17) is 9.47 Å². The Morgan fingerprint density at radius 2 is 1.77 bits per heavy atom. The molecule has 1 aliphatic heterocycles. The van der Waals surface area contributed by atoms with Crippen molar-refractivity contribution in [3.63, 3.8) is 0 Å². The molecule has 1 saturated heterocycles. The zero-order valence-corrected chi connectivity index (χ0v) is 13.7. The van der Waals surface area contributed by atoms with Gasteiger partial charge in [-0.15, -0.1) is 12.4 Å². The Labute approximate surface area is 137 Å². The topological polar surface area (TPSA) is 55.8 Å². The van der Waals surface area contributed by atoms with Crippen LogP contribution < -0.4 is 4.74 Å². The van der Waals surface area contributed by atoms with Gasteiger partial charge in [0.05, 0.1) is 0 Å². The monoisotopic (exact) mass is 327 g/mol. The van der Waals surface area contributed by atoms with Crippen LogP contribution in [0.25, 0.3) is 0 Å². The molecule has 0 bridgehead atoms. The molecule has 2 rings (SSSR count). The summed E-state index contributed by atoms with van der Waals surface area (Å²) in [5, 5.41) is 0. The third-order valence-electron chi connectivity index (χ3n) is 3.54. The maximum Gasteiger partial charge on any atom is 0.343 e. The van der Waals surface area contributed by atoms with Crippen LogP contribution in [-0.4, -0.2) is 36.2 Å². The van der Waals surface area contributed by atoms with Gasteiger partial charge in [0.2, 0.25) is 0 Å². The lowest BCUT2D eigenvalue weighted by Gasteiger charge is -2.31. The summed E-state index contributed by atoms with van der Waals surface area (Å²) in [6, 6.07) is 6.62. The molecule has 1 heterocycles. The van der Waals surface area contributed by atoms with Crippen LogP contribution in [-0.2, 0) is 9.53 Å². The number of rotatable bonds is 4. The number of carbonyl (C=O) groups is 2. The first-order valence-corrected chi connectivity index (χ1v) is 7.30. The fourth-order valence-corrected chi connectivity index (χ4v) is 2.45. The molecule has 5 nitrogen and oxygen atoms in total. The van der Waals surface area contributed by atoms with Gasteiger partial charge in [0.25, 0.3) is 0 Å². The first kappa shape index (κ1) is 18.5. The van der Waals surface area contributed by atoms with Gasteiger partial charge in [-0.3, -0.25) is 9.69 Å². The SMILES string of the molecule is CC(=O)Oc1ccccc1C(=O)OC(C)N1CCCCC1.Cl. The highest BCUT2D eigenvalue weighted by Crippen LogP contribution is 2.21. The highest BCUT2D eigenvalue weighted by Gasteiger charge is 2.22. The summed E-state index contributed by atoms with van der Waals surface area (Å²) < 4.78 is 10.5. The van der Waals surface area contributed by atoms with E-state index in [0.717, 1.165) is 25.9 Å². The largest absolute Gasteiger partial charge is 0.443 e. The van der Waals surface area contributed by atoms with Gasteiger partial charge >= 0.3 is 11.9 Å². The molecule has 0 spiro atoms. The predicted molar refractivity (Wildman–Crippen MR) is 85.3 cm³/mol. The second-order valence-electron chi connectivity index (χ2n) is 5.19. The number of benzene rings is 1. The van der Waals surface area contributed by atoms with E-state index < -0.39 is 11.9 Å². The fraction of sp³-hybridized carbons (Fsp3) is 0.500. The van der Waals surface area contributed by atoms with Gasteiger partial charge in [-0.25, -0.2) is 4.79 Å². The number of ether oxygens (including phenoxy) is 2. The van der Waals surface area contributed by atoms with Crippen LogP contribution in [0.4, 0.5) is 0 Å². The Hall–Kier alpha value is -1.59. The first-order valence-electron chi connectivity index (χ1n) is 7.30. The number of esters is 2. The number of hydrogen-bond acceptors (Lipinski definition) is 5. The average Bonchev–Trinajstić information content (AvgIpc) is 2.48. The van der Waals surface area contributed by atoms with Gasteiger partial charge in [-0.05, 0) is 31.9 Å².